The average molecular weight is 378 g/mol. The van der Waals surface area contributed by atoms with Crippen LogP contribution in [0.3, 0.4) is 0 Å². The zero-order chi connectivity index (χ0) is 20.1. The van der Waals surface area contributed by atoms with Gasteiger partial charge < -0.3 is 4.42 Å². The SMILES string of the molecule is C=c1oc(=O)c2ccc3c4c(ccc1c42)C1=C2C(=C(C(C)(C)C)C=CC23)CC=C1. The first kappa shape index (κ1) is 16.8. The van der Waals surface area contributed by atoms with Gasteiger partial charge >= 0.3 is 5.63 Å². The van der Waals surface area contributed by atoms with Gasteiger partial charge in [0.1, 0.15) is 5.42 Å². The van der Waals surface area contributed by atoms with E-state index < -0.39 is 0 Å². The van der Waals surface area contributed by atoms with E-state index in [0.29, 0.717) is 10.8 Å². The highest BCUT2D eigenvalue weighted by atomic mass is 16.4. The minimum absolute atomic E-state index is 0.103. The molecule has 1 atom stereocenters. The second kappa shape index (κ2) is 5.27. The standard InChI is InChI=1S/C27H22O2/c1-14-15-8-9-18-16-6-5-7-20-22(27(2,3)4)13-12-17(23(16)20)19-10-11-21(26(28)29-14)24(15)25(18)19/h5-6,8-13,17H,1,7H2,2-4H3. The molecule has 29 heavy (non-hydrogen) atoms. The van der Waals surface area contributed by atoms with E-state index in [1.54, 1.807) is 0 Å². The molecule has 0 spiro atoms. The van der Waals surface area contributed by atoms with Crippen molar-refractivity contribution < 1.29 is 4.42 Å². The van der Waals surface area contributed by atoms with Crippen LogP contribution in [0.1, 0.15) is 44.2 Å². The maximum absolute atomic E-state index is 12.5. The summed E-state index contributed by atoms with van der Waals surface area (Å²) in [6.07, 6.45) is 10.2. The molecule has 0 saturated heterocycles. The van der Waals surface area contributed by atoms with Crippen molar-refractivity contribution in [2.75, 3.05) is 0 Å². The summed E-state index contributed by atoms with van der Waals surface area (Å²) in [5.74, 6) is 0.221. The van der Waals surface area contributed by atoms with Crippen LogP contribution in [0.5, 0.6) is 0 Å². The minimum Gasteiger partial charge on any atom is -0.423 e. The summed E-state index contributed by atoms with van der Waals surface area (Å²) >= 11 is 0. The fourth-order valence-corrected chi connectivity index (χ4v) is 5.48. The number of hydrogen-bond donors (Lipinski definition) is 0. The Bertz CT molecular complexity index is 1450. The third-order valence-corrected chi connectivity index (χ3v) is 6.68. The van der Waals surface area contributed by atoms with Gasteiger partial charge in [0.15, 0.2) is 0 Å². The first-order chi connectivity index (χ1) is 13.9. The van der Waals surface area contributed by atoms with Crippen LogP contribution in [-0.4, -0.2) is 0 Å². The quantitative estimate of drug-likeness (QED) is 0.495. The van der Waals surface area contributed by atoms with Gasteiger partial charge in [-0.1, -0.05) is 63.8 Å². The molecule has 1 aromatic heterocycles. The fourth-order valence-electron chi connectivity index (χ4n) is 5.48. The van der Waals surface area contributed by atoms with E-state index >= 15 is 0 Å². The molecule has 0 radical (unpaired) electrons. The highest BCUT2D eigenvalue weighted by molar-refractivity contribution is 6.16. The molecule has 0 bridgehead atoms. The van der Waals surface area contributed by atoms with Crippen molar-refractivity contribution in [2.24, 2.45) is 5.41 Å². The molecule has 3 aliphatic rings. The Morgan fingerprint density at radius 3 is 2.62 bits per heavy atom. The first-order valence-corrected chi connectivity index (χ1v) is 10.2. The van der Waals surface area contributed by atoms with Crippen molar-refractivity contribution in [3.8, 4) is 0 Å². The Morgan fingerprint density at radius 2 is 1.83 bits per heavy atom. The lowest BCUT2D eigenvalue weighted by atomic mass is 9.66. The minimum atomic E-state index is -0.306. The second-order valence-corrected chi connectivity index (χ2v) is 9.34. The topological polar surface area (TPSA) is 30.2 Å². The molecule has 2 nitrogen and oxygen atoms in total. The van der Waals surface area contributed by atoms with Crippen molar-refractivity contribution in [3.63, 3.8) is 0 Å². The van der Waals surface area contributed by atoms with E-state index in [-0.39, 0.29) is 17.0 Å². The number of hydrogen-bond acceptors (Lipinski definition) is 2. The molecule has 1 heterocycles. The smallest absolute Gasteiger partial charge is 0.344 e. The van der Waals surface area contributed by atoms with Crippen LogP contribution in [0.4, 0.5) is 0 Å². The highest BCUT2D eigenvalue weighted by Crippen LogP contribution is 2.53. The highest BCUT2D eigenvalue weighted by Gasteiger charge is 2.36. The maximum Gasteiger partial charge on any atom is 0.344 e. The van der Waals surface area contributed by atoms with Gasteiger partial charge in [-0.25, -0.2) is 4.79 Å². The summed E-state index contributed by atoms with van der Waals surface area (Å²) in [6, 6.07) is 8.29. The van der Waals surface area contributed by atoms with E-state index in [1.165, 1.54) is 38.8 Å². The average Bonchev–Trinajstić information content (AvgIpc) is 2.69. The van der Waals surface area contributed by atoms with Gasteiger partial charge in [-0.05, 0) is 62.8 Å². The predicted octanol–water partition coefficient (Wildman–Crippen LogP) is 5.80. The molecular weight excluding hydrogens is 356 g/mol. The van der Waals surface area contributed by atoms with Crippen LogP contribution in [0, 0.1) is 5.41 Å². The van der Waals surface area contributed by atoms with Crippen LogP contribution >= 0.6 is 0 Å². The van der Waals surface area contributed by atoms with Gasteiger partial charge in [0.2, 0.25) is 0 Å². The van der Waals surface area contributed by atoms with E-state index in [1.807, 2.05) is 6.07 Å². The van der Waals surface area contributed by atoms with Crippen LogP contribution in [0.15, 0.2) is 74.5 Å². The molecule has 1 unspecified atom stereocenters. The maximum atomic E-state index is 12.5. The van der Waals surface area contributed by atoms with Crippen LogP contribution in [-0.2, 0) is 0 Å². The summed E-state index contributed by atoms with van der Waals surface area (Å²) in [5, 5.41) is 3.74. The molecular formula is C27H22O2. The molecule has 3 aromatic rings. The van der Waals surface area contributed by atoms with E-state index in [9.17, 15) is 4.79 Å². The molecule has 0 N–H and O–H groups in total. The molecule has 2 aromatic carbocycles. The van der Waals surface area contributed by atoms with Gasteiger partial charge in [-0.15, -0.1) is 0 Å². The van der Waals surface area contributed by atoms with Gasteiger partial charge in [-0.2, -0.15) is 0 Å². The zero-order valence-electron chi connectivity index (χ0n) is 16.9. The number of allylic oxidation sites excluding steroid dienone is 8. The number of fused-ring (bicyclic) bond motifs is 2. The third kappa shape index (κ3) is 2.04. The van der Waals surface area contributed by atoms with Gasteiger partial charge in [0.25, 0.3) is 0 Å². The Labute approximate surface area is 169 Å². The Kier molecular flexibility index (Phi) is 3.05. The van der Waals surface area contributed by atoms with Crippen LogP contribution in [0.2, 0.25) is 0 Å². The Hall–Kier alpha value is -3.13. The Balaban J connectivity index is 1.81. The predicted molar refractivity (Wildman–Crippen MR) is 120 cm³/mol. The lowest BCUT2D eigenvalue weighted by molar-refractivity contribution is 0.494. The molecule has 0 aliphatic heterocycles. The van der Waals surface area contributed by atoms with Gasteiger partial charge in [0, 0.05) is 16.7 Å². The molecule has 6 rings (SSSR count). The first-order valence-electron chi connectivity index (χ1n) is 10.2. The summed E-state index contributed by atoms with van der Waals surface area (Å²) < 4.78 is 5.39. The second-order valence-electron chi connectivity index (χ2n) is 9.34. The molecule has 142 valence electrons. The van der Waals surface area contributed by atoms with Gasteiger partial charge in [-0.3, -0.25) is 0 Å². The summed E-state index contributed by atoms with van der Waals surface area (Å²) in [4.78, 5) is 12.5. The molecule has 2 heteroatoms. The van der Waals surface area contributed by atoms with Crippen molar-refractivity contribution in [2.45, 2.75) is 33.1 Å². The van der Waals surface area contributed by atoms with E-state index in [2.05, 4.69) is 69.9 Å². The third-order valence-electron chi connectivity index (χ3n) is 6.68. The largest absolute Gasteiger partial charge is 0.423 e. The van der Waals surface area contributed by atoms with Crippen molar-refractivity contribution in [1.29, 1.82) is 0 Å². The van der Waals surface area contributed by atoms with Gasteiger partial charge in [0.05, 0.1) is 5.39 Å². The van der Waals surface area contributed by atoms with Crippen LogP contribution in [0.25, 0.3) is 33.7 Å². The van der Waals surface area contributed by atoms with E-state index in [0.717, 1.165) is 17.2 Å². The molecule has 3 aliphatic carbocycles. The van der Waals surface area contributed by atoms with E-state index in [4.69, 9.17) is 4.42 Å². The lowest BCUT2D eigenvalue weighted by Gasteiger charge is -2.38. The summed E-state index contributed by atoms with van der Waals surface area (Å²) in [7, 11) is 0. The van der Waals surface area contributed by atoms with Crippen LogP contribution < -0.4 is 11.0 Å². The monoisotopic (exact) mass is 378 g/mol. The summed E-state index contributed by atoms with van der Waals surface area (Å²) in [6.45, 7) is 10.9. The van der Waals surface area contributed by atoms with Crippen molar-refractivity contribution in [1.82, 2.24) is 0 Å². The van der Waals surface area contributed by atoms with Crippen molar-refractivity contribution in [3.05, 3.63) is 92.3 Å². The molecule has 0 amide bonds. The zero-order valence-corrected chi connectivity index (χ0v) is 16.9. The molecule has 0 saturated carbocycles. The number of benzene rings is 2. The lowest BCUT2D eigenvalue weighted by Crippen LogP contribution is -2.22. The number of rotatable bonds is 0. The fraction of sp³-hybridized carbons (Fsp3) is 0.222. The Morgan fingerprint density at radius 1 is 1.03 bits per heavy atom. The molecule has 0 fully saturated rings. The normalized spacial score (nSPS) is 20.2. The summed E-state index contributed by atoms with van der Waals surface area (Å²) in [5.41, 5.74) is 8.36. The van der Waals surface area contributed by atoms with Crippen molar-refractivity contribution >= 4 is 33.7 Å².